The van der Waals surface area contributed by atoms with E-state index in [2.05, 4.69) is 0 Å². The van der Waals surface area contributed by atoms with Crippen LogP contribution in [0, 0.1) is 0 Å². The minimum Gasteiger partial charge on any atom is -0.487 e. The second kappa shape index (κ2) is 5.89. The number of rotatable bonds is 4. The number of benzene rings is 2. The molecule has 94 valence electrons. The quantitative estimate of drug-likeness (QED) is 0.905. The highest BCUT2D eigenvalue weighted by Crippen LogP contribution is 2.27. The van der Waals surface area contributed by atoms with Crippen LogP contribution in [0.25, 0.3) is 0 Å². The molecule has 2 aromatic carbocycles. The fourth-order valence-corrected chi connectivity index (χ4v) is 1.90. The zero-order valence-corrected chi connectivity index (χ0v) is 11.0. The minimum absolute atomic E-state index is 0.0225. The molecule has 0 saturated carbocycles. The SMILES string of the molecule is C[C@H](N)c1ccc(OCc2ccccc2)c(Cl)c1. The highest BCUT2D eigenvalue weighted by Gasteiger charge is 2.06. The van der Waals surface area contributed by atoms with Crippen molar-refractivity contribution < 1.29 is 4.74 Å². The zero-order valence-electron chi connectivity index (χ0n) is 10.3. The zero-order chi connectivity index (χ0) is 13.0. The maximum atomic E-state index is 6.16. The predicted molar refractivity (Wildman–Crippen MR) is 74.8 cm³/mol. The van der Waals surface area contributed by atoms with Crippen molar-refractivity contribution in [2.24, 2.45) is 5.73 Å². The first-order valence-corrected chi connectivity index (χ1v) is 6.26. The van der Waals surface area contributed by atoms with Crippen molar-refractivity contribution in [3.63, 3.8) is 0 Å². The van der Waals surface area contributed by atoms with Gasteiger partial charge in [-0.3, -0.25) is 0 Å². The first kappa shape index (κ1) is 12.9. The van der Waals surface area contributed by atoms with Gasteiger partial charge in [-0.2, -0.15) is 0 Å². The van der Waals surface area contributed by atoms with E-state index in [4.69, 9.17) is 22.1 Å². The Morgan fingerprint density at radius 3 is 2.50 bits per heavy atom. The topological polar surface area (TPSA) is 35.2 Å². The van der Waals surface area contributed by atoms with E-state index >= 15 is 0 Å². The molecule has 18 heavy (non-hydrogen) atoms. The molecule has 0 aliphatic carbocycles. The van der Waals surface area contributed by atoms with Gasteiger partial charge in [0.1, 0.15) is 12.4 Å². The fourth-order valence-electron chi connectivity index (χ4n) is 1.65. The summed E-state index contributed by atoms with van der Waals surface area (Å²) in [6.45, 7) is 2.44. The van der Waals surface area contributed by atoms with Crippen LogP contribution in [0.5, 0.6) is 5.75 Å². The molecule has 0 amide bonds. The average Bonchev–Trinajstić information content (AvgIpc) is 2.38. The molecular formula is C15H16ClNO. The Morgan fingerprint density at radius 1 is 1.17 bits per heavy atom. The standard InChI is InChI=1S/C15H16ClNO/c1-11(17)13-7-8-15(14(16)9-13)18-10-12-5-3-2-4-6-12/h2-9,11H,10,17H2,1H3/t11-/m0/s1. The van der Waals surface area contributed by atoms with Crippen molar-refractivity contribution >= 4 is 11.6 Å². The lowest BCUT2D eigenvalue weighted by molar-refractivity contribution is 0.306. The van der Waals surface area contributed by atoms with Crippen molar-refractivity contribution in [2.45, 2.75) is 19.6 Å². The van der Waals surface area contributed by atoms with E-state index in [0.29, 0.717) is 17.4 Å². The first-order valence-electron chi connectivity index (χ1n) is 5.88. The molecule has 0 aliphatic rings. The van der Waals surface area contributed by atoms with Crippen molar-refractivity contribution in [2.75, 3.05) is 0 Å². The number of ether oxygens (including phenoxy) is 1. The largest absolute Gasteiger partial charge is 0.487 e. The summed E-state index contributed by atoms with van der Waals surface area (Å²) in [6, 6.07) is 15.6. The number of nitrogens with two attached hydrogens (primary N) is 1. The van der Waals surface area contributed by atoms with E-state index in [9.17, 15) is 0 Å². The van der Waals surface area contributed by atoms with Gasteiger partial charge >= 0.3 is 0 Å². The van der Waals surface area contributed by atoms with E-state index in [1.165, 1.54) is 0 Å². The van der Waals surface area contributed by atoms with Gasteiger partial charge in [-0.25, -0.2) is 0 Å². The Bertz CT molecular complexity index is 511. The molecule has 0 saturated heterocycles. The van der Waals surface area contributed by atoms with Gasteiger partial charge in [0.2, 0.25) is 0 Å². The van der Waals surface area contributed by atoms with Crippen molar-refractivity contribution in [1.29, 1.82) is 0 Å². The Hall–Kier alpha value is -1.51. The van der Waals surface area contributed by atoms with Crippen LogP contribution < -0.4 is 10.5 Å². The third-order valence-corrected chi connectivity index (χ3v) is 3.01. The highest BCUT2D eigenvalue weighted by molar-refractivity contribution is 6.32. The van der Waals surface area contributed by atoms with Crippen molar-refractivity contribution in [3.8, 4) is 5.75 Å². The Morgan fingerprint density at radius 2 is 1.89 bits per heavy atom. The van der Waals surface area contributed by atoms with Crippen molar-refractivity contribution in [3.05, 3.63) is 64.7 Å². The number of hydrogen-bond donors (Lipinski definition) is 1. The lowest BCUT2D eigenvalue weighted by Crippen LogP contribution is -2.05. The number of hydrogen-bond acceptors (Lipinski definition) is 2. The van der Waals surface area contributed by atoms with Gasteiger partial charge < -0.3 is 10.5 Å². The first-order chi connectivity index (χ1) is 8.66. The monoisotopic (exact) mass is 261 g/mol. The molecule has 0 unspecified atom stereocenters. The number of halogens is 1. The summed E-state index contributed by atoms with van der Waals surface area (Å²) in [6.07, 6.45) is 0. The van der Waals surface area contributed by atoms with Gasteiger partial charge in [0.25, 0.3) is 0 Å². The summed E-state index contributed by atoms with van der Waals surface area (Å²) in [7, 11) is 0. The van der Waals surface area contributed by atoms with Gasteiger partial charge in [0.15, 0.2) is 0 Å². The molecule has 1 atom stereocenters. The molecule has 0 bridgehead atoms. The molecule has 2 rings (SSSR count). The van der Waals surface area contributed by atoms with E-state index in [1.54, 1.807) is 0 Å². The van der Waals surface area contributed by atoms with E-state index in [1.807, 2.05) is 55.5 Å². The van der Waals surface area contributed by atoms with Crippen LogP contribution in [0.2, 0.25) is 5.02 Å². The summed E-state index contributed by atoms with van der Waals surface area (Å²) in [5.41, 5.74) is 7.92. The second-order valence-corrected chi connectivity index (χ2v) is 4.66. The van der Waals surface area contributed by atoms with Crippen LogP contribution >= 0.6 is 11.6 Å². The van der Waals surface area contributed by atoms with Gasteiger partial charge in [-0.15, -0.1) is 0 Å². The molecule has 2 N–H and O–H groups in total. The molecule has 0 aromatic heterocycles. The third kappa shape index (κ3) is 3.25. The molecule has 0 heterocycles. The molecule has 2 nitrogen and oxygen atoms in total. The van der Waals surface area contributed by atoms with Gasteiger partial charge in [-0.05, 0) is 30.2 Å². The van der Waals surface area contributed by atoms with Crippen LogP contribution in [0.4, 0.5) is 0 Å². The smallest absolute Gasteiger partial charge is 0.138 e. The lowest BCUT2D eigenvalue weighted by Gasteiger charge is -2.11. The summed E-state index contributed by atoms with van der Waals surface area (Å²) < 4.78 is 5.68. The van der Waals surface area contributed by atoms with Gasteiger partial charge in [-0.1, -0.05) is 48.0 Å². The Labute approximate surface area is 112 Å². The molecule has 0 aliphatic heterocycles. The molecule has 2 aromatic rings. The van der Waals surface area contributed by atoms with E-state index < -0.39 is 0 Å². The summed E-state index contributed by atoms with van der Waals surface area (Å²) in [5, 5.41) is 0.598. The van der Waals surface area contributed by atoms with Gasteiger partial charge in [0.05, 0.1) is 5.02 Å². The molecule has 0 spiro atoms. The van der Waals surface area contributed by atoms with Crippen LogP contribution in [0.15, 0.2) is 48.5 Å². The van der Waals surface area contributed by atoms with E-state index in [0.717, 1.165) is 11.1 Å². The normalized spacial score (nSPS) is 12.2. The van der Waals surface area contributed by atoms with Crippen molar-refractivity contribution in [1.82, 2.24) is 0 Å². The third-order valence-electron chi connectivity index (χ3n) is 2.72. The summed E-state index contributed by atoms with van der Waals surface area (Å²) in [4.78, 5) is 0. The second-order valence-electron chi connectivity index (χ2n) is 4.25. The Balaban J connectivity index is 2.06. The van der Waals surface area contributed by atoms with Crippen LogP contribution in [0.3, 0.4) is 0 Å². The summed E-state index contributed by atoms with van der Waals surface area (Å²) in [5.74, 6) is 0.685. The lowest BCUT2D eigenvalue weighted by atomic mass is 10.1. The highest BCUT2D eigenvalue weighted by atomic mass is 35.5. The molecule has 0 fully saturated rings. The average molecular weight is 262 g/mol. The molecule has 3 heteroatoms. The van der Waals surface area contributed by atoms with Crippen LogP contribution in [0.1, 0.15) is 24.1 Å². The maximum Gasteiger partial charge on any atom is 0.138 e. The minimum atomic E-state index is -0.0225. The fraction of sp³-hybridized carbons (Fsp3) is 0.200. The maximum absolute atomic E-state index is 6.16. The van der Waals surface area contributed by atoms with Crippen LogP contribution in [-0.2, 0) is 6.61 Å². The Kier molecular flexibility index (Phi) is 4.24. The van der Waals surface area contributed by atoms with Crippen LogP contribution in [-0.4, -0.2) is 0 Å². The predicted octanol–water partition coefficient (Wildman–Crippen LogP) is 3.94. The summed E-state index contributed by atoms with van der Waals surface area (Å²) >= 11 is 6.16. The van der Waals surface area contributed by atoms with E-state index in [-0.39, 0.29) is 6.04 Å². The molecular weight excluding hydrogens is 246 g/mol. The van der Waals surface area contributed by atoms with Gasteiger partial charge in [0, 0.05) is 6.04 Å². The molecule has 0 radical (unpaired) electrons.